The lowest BCUT2D eigenvalue weighted by Crippen LogP contribution is -2.17. The van der Waals surface area contributed by atoms with E-state index < -0.39 is 4.92 Å². The van der Waals surface area contributed by atoms with Crippen LogP contribution in [0.5, 0.6) is 5.88 Å². The smallest absolute Gasteiger partial charge is 0.372 e. The Morgan fingerprint density at radius 3 is 2.79 bits per heavy atom. The second-order valence-corrected chi connectivity index (χ2v) is 4.38. The molecular weight excluding hydrogens is 248 g/mol. The number of hydrogen-bond donors (Lipinski definition) is 1. The van der Waals surface area contributed by atoms with Crippen LogP contribution in [0.1, 0.15) is 39.5 Å². The average molecular weight is 268 g/mol. The van der Waals surface area contributed by atoms with E-state index in [4.69, 9.17) is 4.74 Å². The van der Waals surface area contributed by atoms with Crippen LogP contribution in [0.15, 0.2) is 6.33 Å². The number of nitrogens with one attached hydrogen (secondary N) is 1. The lowest BCUT2D eigenvalue weighted by molar-refractivity contribution is -0.385. The number of nitro groups is 1. The van der Waals surface area contributed by atoms with Crippen molar-refractivity contribution in [3.05, 3.63) is 16.4 Å². The molecule has 19 heavy (non-hydrogen) atoms. The van der Waals surface area contributed by atoms with Gasteiger partial charge in [-0.3, -0.25) is 10.1 Å². The second-order valence-electron chi connectivity index (χ2n) is 4.38. The summed E-state index contributed by atoms with van der Waals surface area (Å²) in [6.07, 6.45) is 5.58. The quantitative estimate of drug-likeness (QED) is 0.443. The van der Waals surface area contributed by atoms with E-state index in [-0.39, 0.29) is 23.4 Å². The molecule has 0 fully saturated rings. The molecule has 1 rings (SSSR count). The highest BCUT2D eigenvalue weighted by molar-refractivity contribution is 5.61. The van der Waals surface area contributed by atoms with Gasteiger partial charge in [0.15, 0.2) is 0 Å². The maximum absolute atomic E-state index is 11.0. The van der Waals surface area contributed by atoms with Crippen molar-refractivity contribution in [2.24, 2.45) is 0 Å². The Balaban J connectivity index is 2.79. The molecule has 1 atom stereocenters. The molecule has 0 bridgehead atoms. The Kier molecular flexibility index (Phi) is 5.98. The van der Waals surface area contributed by atoms with Gasteiger partial charge >= 0.3 is 5.69 Å². The molecule has 0 amide bonds. The Labute approximate surface area is 112 Å². The zero-order valence-corrected chi connectivity index (χ0v) is 11.5. The number of anilines is 1. The van der Waals surface area contributed by atoms with Crippen LogP contribution in [0.4, 0.5) is 11.5 Å². The van der Waals surface area contributed by atoms with Crippen LogP contribution in [-0.2, 0) is 0 Å². The fraction of sp³-hybridized carbons (Fsp3) is 0.667. The molecule has 0 aliphatic rings. The standard InChI is InChI=1S/C12H20N4O3/c1-4-5-6-7-9(2)15-11-10(16(17)18)12(19-3)14-8-13-11/h8-9H,4-7H2,1-3H3,(H,13,14,15). The predicted molar refractivity (Wildman–Crippen MR) is 72.5 cm³/mol. The van der Waals surface area contributed by atoms with E-state index in [0.29, 0.717) is 0 Å². The molecule has 106 valence electrons. The highest BCUT2D eigenvalue weighted by Gasteiger charge is 2.24. The monoisotopic (exact) mass is 268 g/mol. The van der Waals surface area contributed by atoms with Crippen molar-refractivity contribution < 1.29 is 9.66 Å². The van der Waals surface area contributed by atoms with Crippen molar-refractivity contribution in [1.29, 1.82) is 0 Å². The molecule has 0 saturated carbocycles. The van der Waals surface area contributed by atoms with Crippen molar-refractivity contribution in [2.75, 3.05) is 12.4 Å². The molecule has 0 aliphatic heterocycles. The number of unbranched alkanes of at least 4 members (excludes halogenated alkanes) is 2. The predicted octanol–water partition coefficient (Wildman–Crippen LogP) is 2.77. The SMILES string of the molecule is CCCCCC(C)Nc1ncnc(OC)c1[N+](=O)[O-]. The summed E-state index contributed by atoms with van der Waals surface area (Å²) >= 11 is 0. The third-order valence-corrected chi connectivity index (χ3v) is 2.79. The van der Waals surface area contributed by atoms with Crippen LogP contribution in [0, 0.1) is 10.1 Å². The van der Waals surface area contributed by atoms with Gasteiger partial charge in [0.05, 0.1) is 12.0 Å². The molecule has 1 N–H and O–H groups in total. The van der Waals surface area contributed by atoms with Crippen molar-refractivity contribution >= 4 is 11.5 Å². The first-order valence-electron chi connectivity index (χ1n) is 6.40. The van der Waals surface area contributed by atoms with E-state index >= 15 is 0 Å². The molecule has 0 radical (unpaired) electrons. The highest BCUT2D eigenvalue weighted by Crippen LogP contribution is 2.30. The fourth-order valence-electron chi connectivity index (χ4n) is 1.79. The molecule has 1 unspecified atom stereocenters. The van der Waals surface area contributed by atoms with E-state index in [1.54, 1.807) is 0 Å². The average Bonchev–Trinajstić information content (AvgIpc) is 2.38. The number of hydrogen-bond acceptors (Lipinski definition) is 6. The van der Waals surface area contributed by atoms with E-state index in [2.05, 4.69) is 22.2 Å². The van der Waals surface area contributed by atoms with Crippen molar-refractivity contribution in [3.8, 4) is 5.88 Å². The second kappa shape index (κ2) is 7.50. The lowest BCUT2D eigenvalue weighted by Gasteiger charge is -2.14. The van der Waals surface area contributed by atoms with Gasteiger partial charge in [0.25, 0.3) is 5.88 Å². The minimum Gasteiger partial charge on any atom is -0.476 e. The first kappa shape index (κ1) is 15.1. The van der Waals surface area contributed by atoms with Crippen LogP contribution < -0.4 is 10.1 Å². The Morgan fingerprint density at radius 1 is 1.47 bits per heavy atom. The summed E-state index contributed by atoms with van der Waals surface area (Å²) in [5.74, 6) is 0.184. The van der Waals surface area contributed by atoms with Gasteiger partial charge in [0.1, 0.15) is 6.33 Å². The third-order valence-electron chi connectivity index (χ3n) is 2.79. The van der Waals surface area contributed by atoms with E-state index in [1.165, 1.54) is 13.4 Å². The minimum atomic E-state index is -0.528. The zero-order chi connectivity index (χ0) is 14.3. The summed E-state index contributed by atoms with van der Waals surface area (Å²) in [5, 5.41) is 14.1. The first-order chi connectivity index (χ1) is 9.10. The zero-order valence-electron chi connectivity index (χ0n) is 11.5. The van der Waals surface area contributed by atoms with Crippen molar-refractivity contribution in [1.82, 2.24) is 9.97 Å². The fourth-order valence-corrected chi connectivity index (χ4v) is 1.79. The molecule has 0 saturated heterocycles. The molecule has 1 aromatic rings. The molecule has 1 heterocycles. The van der Waals surface area contributed by atoms with Crippen molar-refractivity contribution in [2.45, 2.75) is 45.6 Å². The maximum atomic E-state index is 11.0. The molecule has 7 nitrogen and oxygen atoms in total. The van der Waals surface area contributed by atoms with Gasteiger partial charge in [-0.2, -0.15) is 4.98 Å². The van der Waals surface area contributed by atoms with E-state index in [1.807, 2.05) is 6.92 Å². The number of aromatic nitrogens is 2. The molecule has 1 aromatic heterocycles. The highest BCUT2D eigenvalue weighted by atomic mass is 16.6. The number of methoxy groups -OCH3 is 1. The summed E-state index contributed by atoms with van der Waals surface area (Å²) in [4.78, 5) is 18.2. The van der Waals surface area contributed by atoms with E-state index in [9.17, 15) is 10.1 Å². The summed E-state index contributed by atoms with van der Waals surface area (Å²) in [5.41, 5.74) is -0.215. The third kappa shape index (κ3) is 4.35. The Morgan fingerprint density at radius 2 is 2.21 bits per heavy atom. The molecular formula is C12H20N4O3. The van der Waals surface area contributed by atoms with Crippen molar-refractivity contribution in [3.63, 3.8) is 0 Å². The van der Waals surface area contributed by atoms with Gasteiger partial charge in [-0.1, -0.05) is 26.2 Å². The van der Waals surface area contributed by atoms with Crippen LogP contribution in [0.25, 0.3) is 0 Å². The Bertz CT molecular complexity index is 425. The summed E-state index contributed by atoms with van der Waals surface area (Å²) in [6, 6.07) is 0.116. The maximum Gasteiger partial charge on any atom is 0.372 e. The first-order valence-corrected chi connectivity index (χ1v) is 6.40. The largest absolute Gasteiger partial charge is 0.476 e. The summed E-state index contributed by atoms with van der Waals surface area (Å²) < 4.78 is 4.89. The summed E-state index contributed by atoms with van der Waals surface area (Å²) in [7, 11) is 1.35. The molecule has 0 aromatic carbocycles. The molecule has 0 aliphatic carbocycles. The number of rotatable bonds is 8. The van der Waals surface area contributed by atoms with Gasteiger partial charge in [-0.05, 0) is 13.3 Å². The van der Waals surface area contributed by atoms with Crippen LogP contribution in [-0.4, -0.2) is 28.0 Å². The lowest BCUT2D eigenvalue weighted by atomic mass is 10.1. The van der Waals surface area contributed by atoms with Gasteiger partial charge in [-0.25, -0.2) is 4.98 Å². The summed E-state index contributed by atoms with van der Waals surface area (Å²) in [6.45, 7) is 4.12. The normalized spacial score (nSPS) is 11.9. The van der Waals surface area contributed by atoms with Gasteiger partial charge in [0.2, 0.25) is 5.82 Å². The minimum absolute atomic E-state index is 0.0248. The van der Waals surface area contributed by atoms with Gasteiger partial charge in [0, 0.05) is 6.04 Å². The van der Waals surface area contributed by atoms with E-state index in [0.717, 1.165) is 25.7 Å². The Hall–Kier alpha value is -1.92. The van der Waals surface area contributed by atoms with Crippen LogP contribution >= 0.6 is 0 Å². The topological polar surface area (TPSA) is 90.2 Å². The molecule has 7 heteroatoms. The molecule has 0 spiro atoms. The van der Waals surface area contributed by atoms with Gasteiger partial charge in [-0.15, -0.1) is 0 Å². The van der Waals surface area contributed by atoms with Crippen LogP contribution in [0.2, 0.25) is 0 Å². The number of nitrogens with zero attached hydrogens (tertiary/aromatic N) is 3. The van der Waals surface area contributed by atoms with Gasteiger partial charge < -0.3 is 10.1 Å². The van der Waals surface area contributed by atoms with Crippen LogP contribution in [0.3, 0.4) is 0 Å². The number of ether oxygens (including phenoxy) is 1.